The summed E-state index contributed by atoms with van der Waals surface area (Å²) in [4.78, 5) is 2.27. The Morgan fingerprint density at radius 1 is 1.33 bits per heavy atom. The van der Waals surface area contributed by atoms with Crippen LogP contribution in [-0.4, -0.2) is 55.8 Å². The number of nitrogens with zero attached hydrogens (tertiary/aromatic N) is 2. The molecule has 1 saturated heterocycles. The van der Waals surface area contributed by atoms with E-state index in [-0.39, 0.29) is 0 Å². The molecule has 0 spiro atoms. The van der Waals surface area contributed by atoms with E-state index < -0.39 is 10.4 Å². The van der Waals surface area contributed by atoms with Crippen LogP contribution in [-0.2, 0) is 15.1 Å². The van der Waals surface area contributed by atoms with Crippen LogP contribution in [0.3, 0.4) is 0 Å². The summed E-state index contributed by atoms with van der Waals surface area (Å²) in [6.07, 6.45) is 0. The fourth-order valence-corrected chi connectivity index (χ4v) is 0.655. The monoisotopic (exact) mass is 240 g/mol. The highest BCUT2D eigenvalue weighted by Gasteiger charge is 2.02. The van der Waals surface area contributed by atoms with Gasteiger partial charge in [-0.1, -0.05) is 0 Å². The molecule has 0 radical (unpaired) electrons. The van der Waals surface area contributed by atoms with E-state index in [0.29, 0.717) is 0 Å². The fourth-order valence-electron chi connectivity index (χ4n) is 0.655. The summed E-state index contributed by atoms with van der Waals surface area (Å²) in [6, 6.07) is 1.75. The zero-order valence-corrected chi connectivity index (χ0v) is 9.57. The van der Waals surface area contributed by atoms with Crippen molar-refractivity contribution in [1.29, 1.82) is 5.26 Å². The Hall–Kier alpha value is -0.720. The van der Waals surface area contributed by atoms with Crippen molar-refractivity contribution in [3.05, 3.63) is 0 Å². The topological polar surface area (TPSA) is 111 Å². The molecule has 7 nitrogen and oxygen atoms in total. The predicted octanol–water partition coefficient (Wildman–Crippen LogP) is -0.175. The van der Waals surface area contributed by atoms with E-state index in [1.165, 1.54) is 6.92 Å². The maximum absolute atomic E-state index is 8.74. The quantitative estimate of drug-likeness (QED) is 0.565. The lowest BCUT2D eigenvalue weighted by Crippen LogP contribution is -2.32. The first-order valence-electron chi connectivity index (χ1n) is 4.08. The molecular formula is C7H16N2O5S. The molecule has 0 bridgehead atoms. The molecule has 1 heterocycles. The number of morpholine rings is 1. The Morgan fingerprint density at radius 2 is 1.60 bits per heavy atom. The van der Waals surface area contributed by atoms with Crippen LogP contribution in [0.5, 0.6) is 0 Å². The van der Waals surface area contributed by atoms with Gasteiger partial charge < -0.3 is 9.64 Å². The molecule has 0 atom stereocenters. The summed E-state index contributed by atoms with van der Waals surface area (Å²) >= 11 is 0. The van der Waals surface area contributed by atoms with Gasteiger partial charge in [0.2, 0.25) is 0 Å². The minimum Gasteiger partial charge on any atom is -0.379 e. The highest BCUT2D eigenvalue weighted by molar-refractivity contribution is 7.79. The highest BCUT2D eigenvalue weighted by atomic mass is 32.3. The lowest BCUT2D eigenvalue weighted by molar-refractivity contribution is 0.0503. The van der Waals surface area contributed by atoms with E-state index in [1.807, 2.05) is 0 Å². The van der Waals surface area contributed by atoms with Crippen LogP contribution in [0.2, 0.25) is 0 Å². The third-order valence-corrected chi connectivity index (χ3v) is 1.23. The SMILES string of the molecule is CC#N.CN1CCOCC1.O=S(=O)(O)O. The molecule has 0 unspecified atom stereocenters. The number of likely N-dealkylation sites (N-methyl/N-ethyl adjacent to an activating group) is 1. The molecule has 0 amide bonds. The van der Waals surface area contributed by atoms with Gasteiger partial charge in [0.05, 0.1) is 19.3 Å². The smallest absolute Gasteiger partial charge is 0.379 e. The third kappa shape index (κ3) is 31.9. The zero-order valence-electron chi connectivity index (χ0n) is 8.75. The summed E-state index contributed by atoms with van der Waals surface area (Å²) in [7, 11) is -2.55. The second-order valence-electron chi connectivity index (χ2n) is 2.59. The Labute approximate surface area is 89.8 Å². The molecule has 0 aromatic carbocycles. The summed E-state index contributed by atoms with van der Waals surface area (Å²) in [5, 5.41) is 7.32. The molecule has 2 N–H and O–H groups in total. The van der Waals surface area contributed by atoms with Gasteiger partial charge in [0.25, 0.3) is 0 Å². The summed E-state index contributed by atoms with van der Waals surface area (Å²) < 4.78 is 36.7. The third-order valence-electron chi connectivity index (χ3n) is 1.23. The van der Waals surface area contributed by atoms with Gasteiger partial charge in [-0.2, -0.15) is 13.7 Å². The molecule has 1 aliphatic heterocycles. The Kier molecular flexibility index (Phi) is 10.9. The summed E-state index contributed by atoms with van der Waals surface area (Å²) in [6.45, 7) is 5.45. The lowest BCUT2D eigenvalue weighted by Gasteiger charge is -2.21. The van der Waals surface area contributed by atoms with Crippen molar-refractivity contribution in [2.75, 3.05) is 33.4 Å². The first kappa shape index (κ1) is 16.7. The van der Waals surface area contributed by atoms with Crippen LogP contribution >= 0.6 is 0 Å². The second kappa shape index (κ2) is 9.82. The molecule has 90 valence electrons. The number of hydrogen-bond donors (Lipinski definition) is 2. The van der Waals surface area contributed by atoms with Crippen LogP contribution in [0.1, 0.15) is 6.92 Å². The van der Waals surface area contributed by atoms with E-state index in [1.54, 1.807) is 6.07 Å². The molecule has 0 aromatic rings. The average molecular weight is 240 g/mol. The van der Waals surface area contributed by atoms with Crippen molar-refractivity contribution in [1.82, 2.24) is 4.90 Å². The minimum absolute atomic E-state index is 0.913. The van der Waals surface area contributed by atoms with Crippen molar-refractivity contribution >= 4 is 10.4 Å². The molecule has 15 heavy (non-hydrogen) atoms. The summed E-state index contributed by atoms with van der Waals surface area (Å²) in [5.74, 6) is 0. The molecule has 1 rings (SSSR count). The van der Waals surface area contributed by atoms with Gasteiger partial charge in [-0.25, -0.2) is 0 Å². The van der Waals surface area contributed by atoms with E-state index in [2.05, 4.69) is 11.9 Å². The molecule has 1 aliphatic rings. The van der Waals surface area contributed by atoms with Crippen molar-refractivity contribution in [3.63, 3.8) is 0 Å². The van der Waals surface area contributed by atoms with Crippen LogP contribution in [0.4, 0.5) is 0 Å². The van der Waals surface area contributed by atoms with Gasteiger partial charge in [0.15, 0.2) is 0 Å². The molecular weight excluding hydrogens is 224 g/mol. The predicted molar refractivity (Wildman–Crippen MR) is 53.8 cm³/mol. The second-order valence-corrected chi connectivity index (χ2v) is 3.48. The van der Waals surface area contributed by atoms with Gasteiger partial charge in [0.1, 0.15) is 0 Å². The number of hydrogen-bond acceptors (Lipinski definition) is 5. The molecule has 8 heteroatoms. The van der Waals surface area contributed by atoms with E-state index in [4.69, 9.17) is 27.5 Å². The standard InChI is InChI=1S/C5H11NO.C2H3N.H2O4S/c1-6-2-4-7-5-3-6;1-2-3;1-5(2,3)4/h2-5H2,1H3;1H3;(H2,1,2,3,4). The fraction of sp³-hybridized carbons (Fsp3) is 0.857. The van der Waals surface area contributed by atoms with Crippen LogP contribution in [0.15, 0.2) is 0 Å². The number of ether oxygens (including phenoxy) is 1. The largest absolute Gasteiger partial charge is 0.394 e. The molecule has 0 aromatic heterocycles. The van der Waals surface area contributed by atoms with Gasteiger partial charge in [-0.05, 0) is 7.05 Å². The average Bonchev–Trinajstić information content (AvgIpc) is 2.03. The molecule has 1 fully saturated rings. The Balaban J connectivity index is 0. The normalized spacial score (nSPS) is 16.2. The first-order chi connectivity index (χ1) is 6.81. The molecule has 0 aliphatic carbocycles. The van der Waals surface area contributed by atoms with Gasteiger partial charge in [0, 0.05) is 20.0 Å². The van der Waals surface area contributed by atoms with E-state index in [0.717, 1.165) is 26.3 Å². The van der Waals surface area contributed by atoms with Crippen LogP contribution in [0.25, 0.3) is 0 Å². The zero-order chi connectivity index (χ0) is 12.3. The first-order valence-corrected chi connectivity index (χ1v) is 5.48. The number of nitriles is 1. The summed E-state index contributed by atoms with van der Waals surface area (Å²) in [5.41, 5.74) is 0. The van der Waals surface area contributed by atoms with Gasteiger partial charge in [-0.3, -0.25) is 9.11 Å². The number of rotatable bonds is 0. The van der Waals surface area contributed by atoms with Crippen LogP contribution < -0.4 is 0 Å². The molecule has 0 saturated carbocycles. The maximum Gasteiger partial charge on any atom is 0.394 e. The van der Waals surface area contributed by atoms with Crippen LogP contribution in [0, 0.1) is 11.3 Å². The Morgan fingerprint density at radius 3 is 1.73 bits per heavy atom. The minimum atomic E-state index is -4.67. The lowest BCUT2D eigenvalue weighted by atomic mass is 10.5. The van der Waals surface area contributed by atoms with Crippen molar-refractivity contribution in [2.24, 2.45) is 0 Å². The van der Waals surface area contributed by atoms with Crippen molar-refractivity contribution in [3.8, 4) is 6.07 Å². The van der Waals surface area contributed by atoms with Crippen molar-refractivity contribution < 1.29 is 22.3 Å². The maximum atomic E-state index is 8.74. The van der Waals surface area contributed by atoms with E-state index >= 15 is 0 Å². The van der Waals surface area contributed by atoms with Gasteiger partial charge >= 0.3 is 10.4 Å². The Bertz CT molecular complexity index is 258. The van der Waals surface area contributed by atoms with Crippen molar-refractivity contribution in [2.45, 2.75) is 6.92 Å². The van der Waals surface area contributed by atoms with Gasteiger partial charge in [-0.15, -0.1) is 0 Å². The highest BCUT2D eigenvalue weighted by Crippen LogP contribution is 1.89. The van der Waals surface area contributed by atoms with E-state index in [9.17, 15) is 0 Å².